The van der Waals surface area contributed by atoms with Gasteiger partial charge in [-0.1, -0.05) is 6.07 Å². The van der Waals surface area contributed by atoms with Gasteiger partial charge in [0.05, 0.1) is 24.6 Å². The molecule has 0 radical (unpaired) electrons. The van der Waals surface area contributed by atoms with Crippen LogP contribution in [0.5, 0.6) is 17.2 Å². The number of hydrogen-bond acceptors (Lipinski definition) is 10. The maximum absolute atomic E-state index is 12.1. The second-order valence-corrected chi connectivity index (χ2v) is 7.72. The Bertz CT molecular complexity index is 1040. The fraction of sp³-hybridized carbons (Fsp3) is 0.423. The van der Waals surface area contributed by atoms with Gasteiger partial charge < -0.3 is 34.3 Å². The number of nitrogens with one attached hydrogen (secondary N) is 2. The molecular weight excluding hydrogens is 468 g/mol. The Morgan fingerprint density at radius 3 is 2.25 bits per heavy atom. The summed E-state index contributed by atoms with van der Waals surface area (Å²) in [5.74, 6) is 0.0697. The van der Waals surface area contributed by atoms with E-state index in [1.54, 1.807) is 39.0 Å². The van der Waals surface area contributed by atoms with Crippen LogP contribution >= 0.6 is 0 Å². The number of anilines is 2. The van der Waals surface area contributed by atoms with Crippen LogP contribution in [0.3, 0.4) is 0 Å². The first-order chi connectivity index (χ1) is 17.2. The molecule has 0 fully saturated rings. The third-order valence-electron chi connectivity index (χ3n) is 4.69. The molecule has 0 aliphatic rings. The highest BCUT2D eigenvalue weighted by molar-refractivity contribution is 5.80. The highest BCUT2D eigenvalue weighted by Crippen LogP contribution is 2.31. The summed E-state index contributed by atoms with van der Waals surface area (Å²) in [4.78, 5) is 35.1. The van der Waals surface area contributed by atoms with Crippen LogP contribution in [-0.4, -0.2) is 56.9 Å². The SMILES string of the molecule is CCOC(=O)CNc1ccc(C)cc1OCCOc1ccc(OC(C)=O)cc1NC(C)C(=O)OCC. The minimum absolute atomic E-state index is 0.0200. The van der Waals surface area contributed by atoms with Gasteiger partial charge in [0.1, 0.15) is 43.0 Å². The van der Waals surface area contributed by atoms with Crippen molar-refractivity contribution in [2.24, 2.45) is 0 Å². The first kappa shape index (κ1) is 28.3. The highest BCUT2D eigenvalue weighted by atomic mass is 16.5. The Morgan fingerprint density at radius 1 is 0.889 bits per heavy atom. The lowest BCUT2D eigenvalue weighted by Gasteiger charge is -2.19. The Hall–Kier alpha value is -3.95. The van der Waals surface area contributed by atoms with Crippen LogP contribution in [0.4, 0.5) is 11.4 Å². The molecule has 0 heterocycles. The number of aryl methyl sites for hydroxylation is 1. The summed E-state index contributed by atoms with van der Waals surface area (Å²) in [7, 11) is 0. The molecule has 2 aromatic carbocycles. The van der Waals surface area contributed by atoms with Crippen LogP contribution in [0.25, 0.3) is 0 Å². The molecule has 0 aliphatic carbocycles. The zero-order valence-corrected chi connectivity index (χ0v) is 21.3. The Balaban J connectivity index is 2.05. The van der Waals surface area contributed by atoms with Crippen molar-refractivity contribution < 1.29 is 38.1 Å². The molecule has 36 heavy (non-hydrogen) atoms. The van der Waals surface area contributed by atoms with Crippen LogP contribution in [0.2, 0.25) is 0 Å². The van der Waals surface area contributed by atoms with E-state index in [0.717, 1.165) is 5.56 Å². The first-order valence-corrected chi connectivity index (χ1v) is 11.7. The van der Waals surface area contributed by atoms with Gasteiger partial charge >= 0.3 is 17.9 Å². The summed E-state index contributed by atoms with van der Waals surface area (Å²) in [6.45, 7) is 9.35. The third-order valence-corrected chi connectivity index (χ3v) is 4.69. The van der Waals surface area contributed by atoms with Gasteiger partial charge in [-0.3, -0.25) is 9.59 Å². The van der Waals surface area contributed by atoms with Crippen molar-refractivity contribution in [3.8, 4) is 17.2 Å². The van der Waals surface area contributed by atoms with Crippen LogP contribution in [0.15, 0.2) is 36.4 Å². The maximum Gasteiger partial charge on any atom is 0.328 e. The van der Waals surface area contributed by atoms with E-state index >= 15 is 0 Å². The van der Waals surface area contributed by atoms with Crippen molar-refractivity contribution in [1.82, 2.24) is 0 Å². The predicted octanol–water partition coefficient (Wildman–Crippen LogP) is 3.72. The van der Waals surface area contributed by atoms with Gasteiger partial charge in [0.2, 0.25) is 0 Å². The summed E-state index contributed by atoms with van der Waals surface area (Å²) in [5.41, 5.74) is 2.11. The Morgan fingerprint density at radius 2 is 1.58 bits per heavy atom. The van der Waals surface area contributed by atoms with Gasteiger partial charge in [0.15, 0.2) is 0 Å². The Kier molecular flexibility index (Phi) is 11.4. The lowest BCUT2D eigenvalue weighted by atomic mass is 10.2. The molecule has 2 N–H and O–H groups in total. The molecule has 2 rings (SSSR count). The smallest absolute Gasteiger partial charge is 0.328 e. The summed E-state index contributed by atoms with van der Waals surface area (Å²) in [6, 6.07) is 9.74. The molecule has 0 saturated carbocycles. The summed E-state index contributed by atoms with van der Waals surface area (Å²) in [6.07, 6.45) is 0. The molecule has 10 heteroatoms. The monoisotopic (exact) mass is 502 g/mol. The van der Waals surface area contributed by atoms with E-state index in [9.17, 15) is 14.4 Å². The van der Waals surface area contributed by atoms with Crippen molar-refractivity contribution in [2.45, 2.75) is 40.7 Å². The van der Waals surface area contributed by atoms with Crippen LogP contribution in [0, 0.1) is 6.92 Å². The van der Waals surface area contributed by atoms with Crippen molar-refractivity contribution in [3.05, 3.63) is 42.0 Å². The summed E-state index contributed by atoms with van der Waals surface area (Å²) in [5, 5.41) is 6.06. The zero-order chi connectivity index (χ0) is 26.5. The second-order valence-electron chi connectivity index (χ2n) is 7.72. The van der Waals surface area contributed by atoms with Crippen molar-refractivity contribution in [2.75, 3.05) is 43.6 Å². The van der Waals surface area contributed by atoms with Gasteiger partial charge in [0.25, 0.3) is 0 Å². The lowest BCUT2D eigenvalue weighted by Crippen LogP contribution is -2.28. The summed E-state index contributed by atoms with van der Waals surface area (Å²) < 4.78 is 26.9. The van der Waals surface area contributed by atoms with E-state index in [4.69, 9.17) is 23.7 Å². The molecule has 0 spiro atoms. The van der Waals surface area contributed by atoms with Crippen molar-refractivity contribution >= 4 is 29.3 Å². The Labute approximate surface area is 211 Å². The number of esters is 3. The predicted molar refractivity (Wildman–Crippen MR) is 135 cm³/mol. The summed E-state index contributed by atoms with van der Waals surface area (Å²) >= 11 is 0. The number of rotatable bonds is 14. The molecule has 196 valence electrons. The van der Waals surface area contributed by atoms with E-state index in [1.807, 2.05) is 25.1 Å². The van der Waals surface area contributed by atoms with E-state index < -0.39 is 18.0 Å². The minimum atomic E-state index is -0.656. The largest absolute Gasteiger partial charge is 0.488 e. The molecule has 0 aromatic heterocycles. The minimum Gasteiger partial charge on any atom is -0.488 e. The maximum atomic E-state index is 12.1. The number of carbonyl (C=O) groups is 3. The second kappa shape index (κ2) is 14.4. The molecular formula is C26H34N2O8. The van der Waals surface area contributed by atoms with E-state index in [2.05, 4.69) is 10.6 Å². The highest BCUT2D eigenvalue weighted by Gasteiger charge is 2.17. The molecule has 1 atom stereocenters. The van der Waals surface area contributed by atoms with Gasteiger partial charge in [-0.2, -0.15) is 0 Å². The molecule has 0 aliphatic heterocycles. The average Bonchev–Trinajstić information content (AvgIpc) is 2.82. The topological polar surface area (TPSA) is 121 Å². The van der Waals surface area contributed by atoms with E-state index in [-0.39, 0.29) is 32.3 Å². The van der Waals surface area contributed by atoms with Gasteiger partial charge in [0, 0.05) is 13.0 Å². The van der Waals surface area contributed by atoms with Crippen molar-refractivity contribution in [1.29, 1.82) is 0 Å². The average molecular weight is 503 g/mol. The van der Waals surface area contributed by atoms with Gasteiger partial charge in [-0.05, 0) is 57.5 Å². The van der Waals surface area contributed by atoms with Crippen LogP contribution < -0.4 is 24.8 Å². The van der Waals surface area contributed by atoms with E-state index in [1.165, 1.54) is 6.92 Å². The molecule has 2 aromatic rings. The van der Waals surface area contributed by atoms with Crippen LogP contribution in [-0.2, 0) is 23.9 Å². The quantitative estimate of drug-likeness (QED) is 0.225. The normalized spacial score (nSPS) is 11.1. The fourth-order valence-electron chi connectivity index (χ4n) is 3.11. The molecule has 0 saturated heterocycles. The van der Waals surface area contributed by atoms with Crippen LogP contribution in [0.1, 0.15) is 33.3 Å². The molecule has 0 amide bonds. The number of hydrogen-bond donors (Lipinski definition) is 2. The number of carbonyl (C=O) groups excluding carboxylic acids is 3. The lowest BCUT2D eigenvalue weighted by molar-refractivity contribution is -0.143. The van der Waals surface area contributed by atoms with Gasteiger partial charge in [-0.25, -0.2) is 4.79 Å². The molecule has 10 nitrogen and oxygen atoms in total. The van der Waals surface area contributed by atoms with Gasteiger partial charge in [-0.15, -0.1) is 0 Å². The standard InChI is InChI=1S/C26H34N2O8/c1-6-32-25(30)16-27-21-10-8-17(3)14-24(21)35-13-12-34-23-11-9-20(36-19(5)29)15-22(23)28-18(4)26(31)33-7-2/h8-11,14-15,18,27-28H,6-7,12-13,16H2,1-5H3. The number of benzene rings is 2. The van der Waals surface area contributed by atoms with Crippen molar-refractivity contribution in [3.63, 3.8) is 0 Å². The first-order valence-electron chi connectivity index (χ1n) is 11.7. The molecule has 0 bridgehead atoms. The zero-order valence-electron chi connectivity index (χ0n) is 21.3. The third kappa shape index (κ3) is 9.36. The number of ether oxygens (including phenoxy) is 5. The molecule has 1 unspecified atom stereocenters. The fourth-order valence-corrected chi connectivity index (χ4v) is 3.11. The van der Waals surface area contributed by atoms with E-state index in [0.29, 0.717) is 35.2 Å².